The molecule has 0 saturated carbocycles. The van der Waals surface area contributed by atoms with Crippen molar-refractivity contribution in [1.29, 1.82) is 0 Å². The maximum absolute atomic E-state index is 13.5. The Balaban J connectivity index is 1.45. The van der Waals surface area contributed by atoms with Crippen LogP contribution in [0.2, 0.25) is 0 Å². The number of amides is 1. The van der Waals surface area contributed by atoms with E-state index in [-0.39, 0.29) is 5.91 Å². The van der Waals surface area contributed by atoms with Crippen molar-refractivity contribution in [1.82, 2.24) is 19.9 Å². The molecule has 1 amide bonds. The quantitative estimate of drug-likeness (QED) is 0.530. The SMILES string of the molecule is O=C(c1cc(-c2ccncc2)nc2ccccc12)N1CCN(c2ccncc2)CC1. The normalized spacial score (nSPS) is 14.1. The highest BCUT2D eigenvalue weighted by Gasteiger charge is 2.24. The maximum atomic E-state index is 13.5. The van der Waals surface area contributed by atoms with Gasteiger partial charge in [-0.15, -0.1) is 0 Å². The van der Waals surface area contributed by atoms with E-state index in [1.807, 2.05) is 59.5 Å². The fourth-order valence-corrected chi connectivity index (χ4v) is 3.92. The van der Waals surface area contributed by atoms with E-state index in [9.17, 15) is 4.79 Å². The molecule has 0 aliphatic carbocycles. The fraction of sp³-hybridized carbons (Fsp3) is 0.167. The standard InChI is InChI=1S/C24H21N5O/c30-24(29-15-13-28(14-16-29)19-7-11-26-12-8-19)21-17-23(18-5-9-25-10-6-18)27-22-4-2-1-3-20(21)22/h1-12,17H,13-16H2. The molecule has 0 N–H and O–H groups in total. The van der Waals surface area contributed by atoms with Gasteiger partial charge in [-0.25, -0.2) is 4.98 Å². The van der Waals surface area contributed by atoms with Crippen molar-refractivity contribution in [3.05, 3.63) is 84.9 Å². The summed E-state index contributed by atoms with van der Waals surface area (Å²) in [5, 5.41) is 0.886. The summed E-state index contributed by atoms with van der Waals surface area (Å²) in [6.45, 7) is 2.97. The summed E-state index contributed by atoms with van der Waals surface area (Å²) in [7, 11) is 0. The second-order valence-corrected chi connectivity index (χ2v) is 7.29. The van der Waals surface area contributed by atoms with E-state index in [4.69, 9.17) is 4.98 Å². The molecule has 1 saturated heterocycles. The average molecular weight is 395 g/mol. The van der Waals surface area contributed by atoms with E-state index in [1.165, 1.54) is 0 Å². The minimum atomic E-state index is 0.0540. The van der Waals surface area contributed by atoms with E-state index < -0.39 is 0 Å². The minimum absolute atomic E-state index is 0.0540. The number of pyridine rings is 3. The highest BCUT2D eigenvalue weighted by molar-refractivity contribution is 6.07. The van der Waals surface area contributed by atoms with Crippen LogP contribution in [0.1, 0.15) is 10.4 Å². The van der Waals surface area contributed by atoms with Gasteiger partial charge in [-0.3, -0.25) is 14.8 Å². The van der Waals surface area contributed by atoms with E-state index in [1.54, 1.807) is 24.8 Å². The van der Waals surface area contributed by atoms with Crippen LogP contribution in [0.25, 0.3) is 22.2 Å². The van der Waals surface area contributed by atoms with Crippen LogP contribution < -0.4 is 4.90 Å². The molecule has 6 nitrogen and oxygen atoms in total. The Morgan fingerprint density at radius 1 is 0.800 bits per heavy atom. The summed E-state index contributed by atoms with van der Waals surface area (Å²) < 4.78 is 0. The zero-order chi connectivity index (χ0) is 20.3. The van der Waals surface area contributed by atoms with E-state index in [0.717, 1.165) is 40.9 Å². The third-order valence-corrected chi connectivity index (χ3v) is 5.52. The second-order valence-electron chi connectivity index (χ2n) is 7.29. The Labute approximate surface area is 174 Å². The molecule has 30 heavy (non-hydrogen) atoms. The molecule has 1 aromatic carbocycles. The number of carbonyl (C=O) groups excluding carboxylic acids is 1. The van der Waals surface area contributed by atoms with Crippen molar-refractivity contribution in [2.45, 2.75) is 0 Å². The van der Waals surface area contributed by atoms with Crippen molar-refractivity contribution >= 4 is 22.5 Å². The molecular formula is C24H21N5O. The summed E-state index contributed by atoms with van der Waals surface area (Å²) in [6, 6.07) is 17.6. The van der Waals surface area contributed by atoms with Crippen molar-refractivity contribution in [2.75, 3.05) is 31.1 Å². The van der Waals surface area contributed by atoms with Gasteiger partial charge in [0.25, 0.3) is 5.91 Å². The number of hydrogen-bond acceptors (Lipinski definition) is 5. The lowest BCUT2D eigenvalue weighted by Gasteiger charge is -2.36. The topological polar surface area (TPSA) is 62.2 Å². The molecule has 0 spiro atoms. The van der Waals surface area contributed by atoms with Gasteiger partial charge in [-0.1, -0.05) is 18.2 Å². The first-order chi connectivity index (χ1) is 14.8. The van der Waals surface area contributed by atoms with Crippen LogP contribution in [-0.4, -0.2) is 51.9 Å². The van der Waals surface area contributed by atoms with Crippen LogP contribution in [0, 0.1) is 0 Å². The number of nitrogens with zero attached hydrogens (tertiary/aromatic N) is 5. The van der Waals surface area contributed by atoms with Gasteiger partial charge in [0, 0.05) is 67.6 Å². The first-order valence-corrected chi connectivity index (χ1v) is 10.0. The molecule has 4 heterocycles. The number of rotatable bonds is 3. The maximum Gasteiger partial charge on any atom is 0.254 e. The van der Waals surface area contributed by atoms with Gasteiger partial charge >= 0.3 is 0 Å². The first-order valence-electron chi connectivity index (χ1n) is 10.0. The van der Waals surface area contributed by atoms with E-state index in [2.05, 4.69) is 14.9 Å². The molecule has 148 valence electrons. The van der Waals surface area contributed by atoms with Gasteiger partial charge in [0.05, 0.1) is 16.8 Å². The zero-order valence-corrected chi connectivity index (χ0v) is 16.5. The van der Waals surface area contributed by atoms with Crippen LogP contribution in [0.15, 0.2) is 79.4 Å². The minimum Gasteiger partial charge on any atom is -0.368 e. The van der Waals surface area contributed by atoms with E-state index in [0.29, 0.717) is 18.7 Å². The lowest BCUT2D eigenvalue weighted by atomic mass is 10.0. The lowest BCUT2D eigenvalue weighted by Crippen LogP contribution is -2.48. The van der Waals surface area contributed by atoms with Crippen molar-refractivity contribution < 1.29 is 4.79 Å². The third-order valence-electron chi connectivity index (χ3n) is 5.52. The number of carbonyl (C=O) groups is 1. The number of piperazine rings is 1. The number of hydrogen-bond donors (Lipinski definition) is 0. The Hall–Kier alpha value is -3.80. The number of aromatic nitrogens is 3. The smallest absolute Gasteiger partial charge is 0.254 e. The van der Waals surface area contributed by atoms with Gasteiger partial charge < -0.3 is 9.80 Å². The predicted molar refractivity (Wildman–Crippen MR) is 117 cm³/mol. The Morgan fingerprint density at radius 2 is 1.47 bits per heavy atom. The number of para-hydroxylation sites is 1. The summed E-state index contributed by atoms with van der Waals surface area (Å²) in [6.07, 6.45) is 7.09. The van der Waals surface area contributed by atoms with Crippen molar-refractivity contribution in [2.24, 2.45) is 0 Å². The molecule has 3 aromatic heterocycles. The third kappa shape index (κ3) is 3.48. The van der Waals surface area contributed by atoms with Gasteiger partial charge in [0.15, 0.2) is 0 Å². The molecule has 0 unspecified atom stereocenters. The molecule has 0 bridgehead atoms. The van der Waals surface area contributed by atoms with Gasteiger partial charge in [0.2, 0.25) is 0 Å². The molecular weight excluding hydrogens is 374 g/mol. The molecule has 1 fully saturated rings. The number of anilines is 1. The summed E-state index contributed by atoms with van der Waals surface area (Å²) in [5.41, 5.74) is 4.41. The molecule has 1 aliphatic rings. The fourth-order valence-electron chi connectivity index (χ4n) is 3.92. The monoisotopic (exact) mass is 395 g/mol. The number of benzene rings is 1. The molecule has 6 heteroatoms. The molecule has 4 aromatic rings. The highest BCUT2D eigenvalue weighted by Crippen LogP contribution is 2.26. The average Bonchev–Trinajstić information content (AvgIpc) is 2.84. The van der Waals surface area contributed by atoms with Crippen LogP contribution >= 0.6 is 0 Å². The molecule has 1 aliphatic heterocycles. The van der Waals surface area contributed by atoms with Gasteiger partial charge in [0.1, 0.15) is 0 Å². The number of fused-ring (bicyclic) bond motifs is 1. The van der Waals surface area contributed by atoms with Gasteiger partial charge in [-0.05, 0) is 36.4 Å². The highest BCUT2D eigenvalue weighted by atomic mass is 16.2. The summed E-state index contributed by atoms with van der Waals surface area (Å²) >= 11 is 0. The second kappa shape index (κ2) is 7.91. The Kier molecular flexibility index (Phi) is 4.81. The van der Waals surface area contributed by atoms with E-state index >= 15 is 0 Å². The predicted octanol–water partition coefficient (Wildman–Crippen LogP) is 3.65. The molecule has 5 rings (SSSR count). The first kappa shape index (κ1) is 18.2. The Morgan fingerprint density at radius 3 is 2.20 bits per heavy atom. The van der Waals surface area contributed by atoms with Crippen molar-refractivity contribution in [3.63, 3.8) is 0 Å². The largest absolute Gasteiger partial charge is 0.368 e. The van der Waals surface area contributed by atoms with Crippen molar-refractivity contribution in [3.8, 4) is 11.3 Å². The Bertz CT molecular complexity index is 1170. The lowest BCUT2D eigenvalue weighted by molar-refractivity contribution is 0.0748. The van der Waals surface area contributed by atoms with Gasteiger partial charge in [-0.2, -0.15) is 0 Å². The summed E-state index contributed by atoms with van der Waals surface area (Å²) in [4.78, 5) is 30.7. The van der Waals surface area contributed by atoms with Crippen LogP contribution in [-0.2, 0) is 0 Å². The van der Waals surface area contributed by atoms with Crippen LogP contribution in [0.5, 0.6) is 0 Å². The molecule has 0 radical (unpaired) electrons. The summed E-state index contributed by atoms with van der Waals surface area (Å²) in [5.74, 6) is 0.0540. The zero-order valence-electron chi connectivity index (χ0n) is 16.5. The van der Waals surface area contributed by atoms with Crippen LogP contribution in [0.3, 0.4) is 0 Å². The van der Waals surface area contributed by atoms with Crippen LogP contribution in [0.4, 0.5) is 5.69 Å². The molecule has 0 atom stereocenters.